The van der Waals surface area contributed by atoms with Crippen LogP contribution in [0.1, 0.15) is 17.0 Å². The number of ether oxygens (including phenoxy) is 1. The van der Waals surface area contributed by atoms with E-state index in [2.05, 4.69) is 28.6 Å². The van der Waals surface area contributed by atoms with Gasteiger partial charge in [0.15, 0.2) is 0 Å². The van der Waals surface area contributed by atoms with Crippen LogP contribution in [0.3, 0.4) is 0 Å². The van der Waals surface area contributed by atoms with Crippen molar-refractivity contribution in [2.45, 2.75) is 20.4 Å². The second-order valence-corrected chi connectivity index (χ2v) is 3.92. The van der Waals surface area contributed by atoms with E-state index < -0.39 is 0 Å². The van der Waals surface area contributed by atoms with Crippen LogP contribution in [0.25, 0.3) is 0 Å². The number of benzene rings is 1. The highest BCUT2D eigenvalue weighted by atomic mass is 16.5. The first-order chi connectivity index (χ1) is 7.70. The zero-order chi connectivity index (χ0) is 11.5. The Morgan fingerprint density at radius 1 is 1.31 bits per heavy atom. The summed E-state index contributed by atoms with van der Waals surface area (Å²) in [6.45, 7) is 4.89. The summed E-state index contributed by atoms with van der Waals surface area (Å²) in [6.07, 6.45) is 3.80. The molecule has 1 aromatic carbocycles. The molecule has 0 atom stereocenters. The largest absolute Gasteiger partial charge is 0.496 e. The van der Waals surface area contributed by atoms with Crippen LogP contribution in [0.4, 0.5) is 0 Å². The Bertz CT molecular complexity index is 488. The van der Waals surface area contributed by atoms with Crippen LogP contribution in [0, 0.1) is 13.8 Å². The van der Waals surface area contributed by atoms with E-state index in [-0.39, 0.29) is 0 Å². The van der Waals surface area contributed by atoms with E-state index in [1.54, 1.807) is 7.11 Å². The molecule has 0 unspecified atom stereocenters. The number of aryl methyl sites for hydroxylation is 2. The van der Waals surface area contributed by atoms with E-state index >= 15 is 0 Å². The predicted octanol–water partition coefficient (Wildman–Crippen LogP) is 2.56. The Kier molecular flexibility index (Phi) is 2.95. The molecule has 0 aliphatic rings. The molecule has 16 heavy (non-hydrogen) atoms. The number of methoxy groups -OCH3 is 1. The number of hydrogen-bond acceptors (Lipinski definition) is 2. The Labute approximate surface area is 95.7 Å². The van der Waals surface area contributed by atoms with Gasteiger partial charge in [-0.05, 0) is 19.9 Å². The molecule has 0 saturated heterocycles. The minimum absolute atomic E-state index is 0.802. The molecule has 1 aromatic heterocycles. The fraction of sp³-hybridized carbons (Fsp3) is 0.308. The summed E-state index contributed by atoms with van der Waals surface area (Å²) in [6, 6.07) is 6.22. The van der Waals surface area contributed by atoms with Crippen molar-refractivity contribution < 1.29 is 4.74 Å². The Morgan fingerprint density at radius 3 is 2.75 bits per heavy atom. The minimum atomic E-state index is 0.802. The third-order valence-electron chi connectivity index (χ3n) is 2.70. The van der Waals surface area contributed by atoms with Gasteiger partial charge < -0.3 is 9.30 Å². The molecule has 0 N–H and O–H groups in total. The van der Waals surface area contributed by atoms with Crippen LogP contribution in [0.5, 0.6) is 5.75 Å². The van der Waals surface area contributed by atoms with E-state index in [9.17, 15) is 0 Å². The molecule has 84 valence electrons. The molecule has 0 bridgehead atoms. The first-order valence-corrected chi connectivity index (χ1v) is 5.32. The first-order valence-electron chi connectivity index (χ1n) is 5.32. The third kappa shape index (κ3) is 2.08. The van der Waals surface area contributed by atoms with E-state index in [1.165, 1.54) is 11.1 Å². The molecular formula is C13H16N2O. The zero-order valence-corrected chi connectivity index (χ0v) is 9.90. The standard InChI is InChI=1S/C13H16N2O/c1-10-4-5-13(16-3)12(8-10)9-15-7-6-14-11(15)2/h4-8H,9H2,1-3H3. The van der Waals surface area contributed by atoms with Gasteiger partial charge in [-0.2, -0.15) is 0 Å². The summed E-state index contributed by atoms with van der Waals surface area (Å²) >= 11 is 0. The van der Waals surface area contributed by atoms with Gasteiger partial charge in [-0.1, -0.05) is 17.7 Å². The first kappa shape index (κ1) is 10.7. The molecule has 0 fully saturated rings. The summed E-state index contributed by atoms with van der Waals surface area (Å²) in [5.74, 6) is 1.95. The van der Waals surface area contributed by atoms with Crippen LogP contribution in [0.15, 0.2) is 30.6 Å². The smallest absolute Gasteiger partial charge is 0.123 e. The summed E-state index contributed by atoms with van der Waals surface area (Å²) in [5.41, 5.74) is 2.43. The quantitative estimate of drug-likeness (QED) is 0.788. The number of nitrogens with zero attached hydrogens (tertiary/aromatic N) is 2. The van der Waals surface area contributed by atoms with E-state index in [4.69, 9.17) is 4.74 Å². The van der Waals surface area contributed by atoms with Gasteiger partial charge in [0.2, 0.25) is 0 Å². The van der Waals surface area contributed by atoms with E-state index in [0.29, 0.717) is 0 Å². The lowest BCUT2D eigenvalue weighted by Crippen LogP contribution is -2.03. The van der Waals surface area contributed by atoms with Crippen molar-refractivity contribution in [2.75, 3.05) is 7.11 Å². The number of imidazole rings is 1. The summed E-state index contributed by atoms with van der Waals surface area (Å²) in [7, 11) is 1.70. The highest BCUT2D eigenvalue weighted by Crippen LogP contribution is 2.20. The molecule has 0 spiro atoms. The number of hydrogen-bond donors (Lipinski definition) is 0. The van der Waals surface area contributed by atoms with Gasteiger partial charge in [-0.3, -0.25) is 0 Å². The van der Waals surface area contributed by atoms with Gasteiger partial charge in [0.05, 0.1) is 13.7 Å². The maximum absolute atomic E-state index is 5.36. The molecule has 0 amide bonds. The molecular weight excluding hydrogens is 200 g/mol. The number of aromatic nitrogens is 2. The maximum atomic E-state index is 5.36. The van der Waals surface area contributed by atoms with Crippen molar-refractivity contribution in [2.24, 2.45) is 0 Å². The Hall–Kier alpha value is -1.77. The average molecular weight is 216 g/mol. The zero-order valence-electron chi connectivity index (χ0n) is 9.90. The Balaban J connectivity index is 2.33. The SMILES string of the molecule is COc1ccc(C)cc1Cn1ccnc1C. The fourth-order valence-corrected chi connectivity index (χ4v) is 1.79. The van der Waals surface area contributed by atoms with Crippen LogP contribution >= 0.6 is 0 Å². The molecule has 0 radical (unpaired) electrons. The third-order valence-corrected chi connectivity index (χ3v) is 2.70. The van der Waals surface area contributed by atoms with Gasteiger partial charge >= 0.3 is 0 Å². The minimum Gasteiger partial charge on any atom is -0.496 e. The van der Waals surface area contributed by atoms with Crippen molar-refractivity contribution in [1.29, 1.82) is 0 Å². The molecule has 0 aliphatic heterocycles. The van der Waals surface area contributed by atoms with Gasteiger partial charge in [-0.25, -0.2) is 4.98 Å². The molecule has 3 heteroatoms. The van der Waals surface area contributed by atoms with Gasteiger partial charge in [-0.15, -0.1) is 0 Å². The van der Waals surface area contributed by atoms with Crippen LogP contribution in [-0.2, 0) is 6.54 Å². The van der Waals surface area contributed by atoms with Gasteiger partial charge in [0.1, 0.15) is 11.6 Å². The van der Waals surface area contributed by atoms with E-state index in [1.807, 2.05) is 25.4 Å². The highest BCUT2D eigenvalue weighted by molar-refractivity contribution is 5.37. The second kappa shape index (κ2) is 4.39. The van der Waals surface area contributed by atoms with Crippen molar-refractivity contribution in [1.82, 2.24) is 9.55 Å². The second-order valence-electron chi connectivity index (χ2n) is 3.92. The topological polar surface area (TPSA) is 27.1 Å². The predicted molar refractivity (Wildman–Crippen MR) is 63.8 cm³/mol. The van der Waals surface area contributed by atoms with Crippen molar-refractivity contribution in [3.63, 3.8) is 0 Å². The van der Waals surface area contributed by atoms with Crippen LogP contribution < -0.4 is 4.74 Å². The number of rotatable bonds is 3. The lowest BCUT2D eigenvalue weighted by Gasteiger charge is -2.11. The molecule has 2 aromatic rings. The lowest BCUT2D eigenvalue weighted by atomic mass is 10.1. The highest BCUT2D eigenvalue weighted by Gasteiger charge is 2.05. The molecule has 0 saturated carbocycles. The summed E-state index contributed by atoms with van der Waals surface area (Å²) < 4.78 is 7.46. The molecule has 1 heterocycles. The van der Waals surface area contributed by atoms with Crippen molar-refractivity contribution in [3.05, 3.63) is 47.5 Å². The molecule has 0 aliphatic carbocycles. The fourth-order valence-electron chi connectivity index (χ4n) is 1.79. The van der Waals surface area contributed by atoms with Gasteiger partial charge in [0, 0.05) is 18.0 Å². The van der Waals surface area contributed by atoms with Gasteiger partial charge in [0.25, 0.3) is 0 Å². The lowest BCUT2D eigenvalue weighted by molar-refractivity contribution is 0.408. The van der Waals surface area contributed by atoms with E-state index in [0.717, 1.165) is 18.1 Å². The van der Waals surface area contributed by atoms with Crippen LogP contribution in [-0.4, -0.2) is 16.7 Å². The monoisotopic (exact) mass is 216 g/mol. The van der Waals surface area contributed by atoms with Crippen LogP contribution in [0.2, 0.25) is 0 Å². The summed E-state index contributed by atoms with van der Waals surface area (Å²) in [4.78, 5) is 4.21. The maximum Gasteiger partial charge on any atom is 0.123 e. The molecule has 2 rings (SSSR count). The van der Waals surface area contributed by atoms with Crippen molar-refractivity contribution >= 4 is 0 Å². The summed E-state index contributed by atoms with van der Waals surface area (Å²) in [5, 5.41) is 0. The average Bonchev–Trinajstić information content (AvgIpc) is 2.65. The molecule has 3 nitrogen and oxygen atoms in total. The normalized spacial score (nSPS) is 10.4. The Morgan fingerprint density at radius 2 is 2.12 bits per heavy atom. The van der Waals surface area contributed by atoms with Crippen molar-refractivity contribution in [3.8, 4) is 5.75 Å².